The number of amides is 1. The Morgan fingerprint density at radius 1 is 1.50 bits per heavy atom. The van der Waals surface area contributed by atoms with E-state index in [1.54, 1.807) is 19.2 Å². The second kappa shape index (κ2) is 6.81. The summed E-state index contributed by atoms with van der Waals surface area (Å²) in [5.74, 6) is -0.595. The Balaban J connectivity index is 2.06. The molecule has 2 atom stereocenters. The highest BCUT2D eigenvalue weighted by Crippen LogP contribution is 2.21. The molecule has 0 spiro atoms. The van der Waals surface area contributed by atoms with Crippen molar-refractivity contribution in [1.29, 1.82) is 0 Å². The highest BCUT2D eigenvalue weighted by atomic mass is 19.1. The molecular weight excluding hydrogens is 259 g/mol. The molecule has 4 nitrogen and oxygen atoms in total. The Morgan fingerprint density at radius 3 is 3.00 bits per heavy atom. The lowest BCUT2D eigenvalue weighted by molar-refractivity contribution is -0.122. The monoisotopic (exact) mass is 280 g/mol. The number of carbonyl (C=O) groups is 1. The minimum Gasteiger partial charge on any atom is -0.379 e. The van der Waals surface area contributed by atoms with Gasteiger partial charge in [0.2, 0.25) is 5.91 Å². The van der Waals surface area contributed by atoms with Crippen LogP contribution in [0.5, 0.6) is 0 Å². The summed E-state index contributed by atoms with van der Waals surface area (Å²) in [6.07, 6.45) is 1.01. The molecule has 0 radical (unpaired) electrons. The summed E-state index contributed by atoms with van der Waals surface area (Å²) in [7, 11) is 1.67. The first-order valence-corrected chi connectivity index (χ1v) is 6.97. The topological polar surface area (TPSA) is 41.6 Å². The maximum atomic E-state index is 13.2. The number of rotatable bonds is 5. The second-order valence-corrected chi connectivity index (χ2v) is 5.08. The molecule has 1 N–H and O–H groups in total. The average molecular weight is 280 g/mol. The van der Waals surface area contributed by atoms with Gasteiger partial charge in [-0.05, 0) is 31.2 Å². The number of benzene rings is 1. The molecule has 2 unspecified atom stereocenters. The van der Waals surface area contributed by atoms with Crippen LogP contribution in [0.4, 0.5) is 10.1 Å². The van der Waals surface area contributed by atoms with Crippen molar-refractivity contribution in [3.05, 3.63) is 30.1 Å². The fourth-order valence-corrected chi connectivity index (χ4v) is 2.39. The predicted molar refractivity (Wildman–Crippen MR) is 76.2 cm³/mol. The zero-order valence-corrected chi connectivity index (χ0v) is 11.9. The van der Waals surface area contributed by atoms with E-state index in [4.69, 9.17) is 4.74 Å². The number of hydrogen-bond donors (Lipinski definition) is 1. The molecule has 20 heavy (non-hydrogen) atoms. The van der Waals surface area contributed by atoms with Crippen LogP contribution in [0.3, 0.4) is 0 Å². The number of hydrogen-bond acceptors (Lipinski definition) is 3. The third-order valence-electron chi connectivity index (χ3n) is 3.58. The number of halogens is 1. The second-order valence-electron chi connectivity index (χ2n) is 5.08. The lowest BCUT2D eigenvalue weighted by Gasteiger charge is -2.24. The molecule has 1 aromatic rings. The van der Waals surface area contributed by atoms with E-state index in [0.717, 1.165) is 13.0 Å². The van der Waals surface area contributed by atoms with E-state index in [9.17, 15) is 9.18 Å². The SMILES string of the molecule is CCCNC1COCC1C(=O)N(C)c1cccc(F)c1. The summed E-state index contributed by atoms with van der Waals surface area (Å²) < 4.78 is 18.6. The van der Waals surface area contributed by atoms with Crippen molar-refractivity contribution in [2.75, 3.05) is 31.7 Å². The van der Waals surface area contributed by atoms with Crippen LogP contribution in [-0.4, -0.2) is 38.8 Å². The van der Waals surface area contributed by atoms with Crippen LogP contribution in [0.2, 0.25) is 0 Å². The Labute approximate surface area is 118 Å². The Hall–Kier alpha value is -1.46. The molecule has 2 rings (SSSR count). The smallest absolute Gasteiger partial charge is 0.233 e. The Kier molecular flexibility index (Phi) is 5.09. The van der Waals surface area contributed by atoms with E-state index in [2.05, 4.69) is 12.2 Å². The van der Waals surface area contributed by atoms with E-state index in [0.29, 0.717) is 18.9 Å². The van der Waals surface area contributed by atoms with Gasteiger partial charge in [-0.1, -0.05) is 13.0 Å². The van der Waals surface area contributed by atoms with Crippen molar-refractivity contribution in [1.82, 2.24) is 5.32 Å². The van der Waals surface area contributed by atoms with Crippen LogP contribution in [0.15, 0.2) is 24.3 Å². The summed E-state index contributed by atoms with van der Waals surface area (Å²) in [5, 5.41) is 3.33. The molecule has 1 saturated heterocycles. The van der Waals surface area contributed by atoms with Gasteiger partial charge >= 0.3 is 0 Å². The summed E-state index contributed by atoms with van der Waals surface area (Å²) >= 11 is 0. The number of nitrogens with zero attached hydrogens (tertiary/aromatic N) is 1. The first-order chi connectivity index (χ1) is 9.63. The number of carbonyl (C=O) groups excluding carboxylic acids is 1. The highest BCUT2D eigenvalue weighted by Gasteiger charge is 2.35. The largest absolute Gasteiger partial charge is 0.379 e. The van der Waals surface area contributed by atoms with Gasteiger partial charge in [-0.25, -0.2) is 4.39 Å². The van der Waals surface area contributed by atoms with Gasteiger partial charge < -0.3 is 15.0 Å². The van der Waals surface area contributed by atoms with Crippen molar-refractivity contribution in [3.63, 3.8) is 0 Å². The summed E-state index contributed by atoms with van der Waals surface area (Å²) in [5.41, 5.74) is 0.566. The average Bonchev–Trinajstić information content (AvgIpc) is 2.91. The quantitative estimate of drug-likeness (QED) is 0.894. The molecule has 0 aliphatic carbocycles. The van der Waals surface area contributed by atoms with Crippen LogP contribution < -0.4 is 10.2 Å². The molecular formula is C15H21FN2O2. The fraction of sp³-hybridized carbons (Fsp3) is 0.533. The first kappa shape index (κ1) is 14.9. The molecule has 1 amide bonds. The van der Waals surface area contributed by atoms with E-state index in [1.165, 1.54) is 17.0 Å². The van der Waals surface area contributed by atoms with E-state index in [-0.39, 0.29) is 23.7 Å². The molecule has 110 valence electrons. The molecule has 0 saturated carbocycles. The first-order valence-electron chi connectivity index (χ1n) is 6.97. The van der Waals surface area contributed by atoms with Crippen LogP contribution in [0.25, 0.3) is 0 Å². The molecule has 5 heteroatoms. The minimum atomic E-state index is -0.342. The molecule has 1 heterocycles. The van der Waals surface area contributed by atoms with Crippen molar-refractivity contribution in [2.24, 2.45) is 5.92 Å². The van der Waals surface area contributed by atoms with Gasteiger partial charge in [-0.15, -0.1) is 0 Å². The van der Waals surface area contributed by atoms with Crippen LogP contribution in [0, 0.1) is 11.7 Å². The minimum absolute atomic E-state index is 0.0401. The standard InChI is InChI=1S/C15H21FN2O2/c1-3-7-17-14-10-20-9-13(14)15(19)18(2)12-6-4-5-11(16)8-12/h4-6,8,13-14,17H,3,7,9-10H2,1-2H3. The molecule has 1 aliphatic heterocycles. The van der Waals surface area contributed by atoms with E-state index >= 15 is 0 Å². The van der Waals surface area contributed by atoms with Gasteiger partial charge in [0, 0.05) is 18.8 Å². The lowest BCUT2D eigenvalue weighted by atomic mass is 10.0. The molecule has 1 fully saturated rings. The number of ether oxygens (including phenoxy) is 1. The number of anilines is 1. The normalized spacial score (nSPS) is 21.9. The number of nitrogens with one attached hydrogen (secondary N) is 1. The van der Waals surface area contributed by atoms with Gasteiger partial charge in [0.05, 0.1) is 19.1 Å². The van der Waals surface area contributed by atoms with Gasteiger partial charge in [0.15, 0.2) is 0 Å². The molecule has 0 bridgehead atoms. The maximum absolute atomic E-state index is 13.2. The van der Waals surface area contributed by atoms with Crippen molar-refractivity contribution in [3.8, 4) is 0 Å². The Bertz CT molecular complexity index is 467. The molecule has 1 aliphatic rings. The van der Waals surface area contributed by atoms with Crippen LogP contribution in [0.1, 0.15) is 13.3 Å². The van der Waals surface area contributed by atoms with Crippen LogP contribution in [-0.2, 0) is 9.53 Å². The zero-order valence-electron chi connectivity index (χ0n) is 11.9. The highest BCUT2D eigenvalue weighted by molar-refractivity contribution is 5.95. The third-order valence-corrected chi connectivity index (χ3v) is 3.58. The molecule has 0 aromatic heterocycles. The van der Waals surface area contributed by atoms with E-state index < -0.39 is 0 Å². The summed E-state index contributed by atoms with van der Waals surface area (Å²) in [6, 6.07) is 6.10. The molecule has 1 aromatic carbocycles. The predicted octanol–water partition coefficient (Wildman–Crippen LogP) is 1.80. The van der Waals surface area contributed by atoms with Crippen LogP contribution >= 0.6 is 0 Å². The summed E-state index contributed by atoms with van der Waals surface area (Å²) in [6.45, 7) is 3.91. The van der Waals surface area contributed by atoms with Gasteiger partial charge in [0.1, 0.15) is 5.82 Å². The van der Waals surface area contributed by atoms with Gasteiger partial charge in [-0.2, -0.15) is 0 Å². The lowest BCUT2D eigenvalue weighted by Crippen LogP contribution is -2.45. The van der Waals surface area contributed by atoms with Gasteiger partial charge in [-0.3, -0.25) is 4.79 Å². The summed E-state index contributed by atoms with van der Waals surface area (Å²) in [4.78, 5) is 14.0. The third kappa shape index (κ3) is 3.35. The fourth-order valence-electron chi connectivity index (χ4n) is 2.39. The van der Waals surface area contributed by atoms with Crippen molar-refractivity contribution >= 4 is 11.6 Å². The zero-order chi connectivity index (χ0) is 14.5. The Morgan fingerprint density at radius 2 is 2.30 bits per heavy atom. The van der Waals surface area contributed by atoms with Crippen molar-refractivity contribution < 1.29 is 13.9 Å². The van der Waals surface area contributed by atoms with E-state index in [1.807, 2.05) is 0 Å². The maximum Gasteiger partial charge on any atom is 0.233 e. The van der Waals surface area contributed by atoms with Gasteiger partial charge in [0.25, 0.3) is 0 Å². The van der Waals surface area contributed by atoms with Crippen molar-refractivity contribution in [2.45, 2.75) is 19.4 Å².